The summed E-state index contributed by atoms with van der Waals surface area (Å²) in [5.41, 5.74) is 2.08. The summed E-state index contributed by atoms with van der Waals surface area (Å²) in [5, 5.41) is 21.4. The summed E-state index contributed by atoms with van der Waals surface area (Å²) in [4.78, 5) is 17.3. The highest BCUT2D eigenvalue weighted by atomic mass is 16.5. The first-order valence-electron chi connectivity index (χ1n) is 10.5. The van der Waals surface area contributed by atoms with Crippen LogP contribution in [0.25, 0.3) is 0 Å². The van der Waals surface area contributed by atoms with Crippen LogP contribution in [0.2, 0.25) is 0 Å². The van der Waals surface area contributed by atoms with Crippen LogP contribution in [0.15, 0.2) is 30.3 Å². The summed E-state index contributed by atoms with van der Waals surface area (Å²) in [7, 11) is 0. The van der Waals surface area contributed by atoms with Crippen molar-refractivity contribution >= 4 is 5.97 Å². The lowest BCUT2D eigenvalue weighted by Gasteiger charge is -2.39. The number of aryl methyl sites for hydroxylation is 1. The van der Waals surface area contributed by atoms with Gasteiger partial charge in [0.05, 0.1) is 12.2 Å². The molecule has 0 aliphatic carbocycles. The number of nitrogens with one attached hydrogen (secondary N) is 1. The summed E-state index contributed by atoms with van der Waals surface area (Å²) < 4.78 is 10.9. The van der Waals surface area contributed by atoms with Crippen LogP contribution in [0.1, 0.15) is 47.1 Å². The van der Waals surface area contributed by atoms with Gasteiger partial charge in [-0.2, -0.15) is 0 Å². The first-order chi connectivity index (χ1) is 14.3. The van der Waals surface area contributed by atoms with Crippen LogP contribution >= 0.6 is 0 Å². The molecule has 1 aromatic carbocycles. The Hall–Kier alpha value is -2.35. The van der Waals surface area contributed by atoms with Gasteiger partial charge < -0.3 is 29.6 Å². The molecule has 7 heteroatoms. The number of aromatic nitrogens is 1. The van der Waals surface area contributed by atoms with Gasteiger partial charge in [0.15, 0.2) is 11.4 Å². The zero-order chi connectivity index (χ0) is 21.7. The normalized spacial score (nSPS) is 17.5. The molecule has 3 rings (SSSR count). The number of nitrogens with zero attached hydrogens (tertiary/aromatic N) is 1. The van der Waals surface area contributed by atoms with Gasteiger partial charge in [0.25, 0.3) is 0 Å². The van der Waals surface area contributed by atoms with E-state index in [9.17, 15) is 15.0 Å². The largest absolute Gasteiger partial charge is 0.488 e. The molecule has 0 amide bonds. The second-order valence-corrected chi connectivity index (χ2v) is 7.96. The van der Waals surface area contributed by atoms with Gasteiger partial charge in [0.2, 0.25) is 0 Å². The number of aliphatic hydroxyl groups excluding tert-OH is 1. The monoisotopic (exact) mass is 416 g/mol. The summed E-state index contributed by atoms with van der Waals surface area (Å²) in [6.45, 7) is 7.67. The maximum absolute atomic E-state index is 12.1. The van der Waals surface area contributed by atoms with Crippen LogP contribution in [-0.2, 0) is 10.3 Å². The summed E-state index contributed by atoms with van der Waals surface area (Å²) in [6.07, 6.45) is 0.527. The summed E-state index contributed by atoms with van der Waals surface area (Å²) in [6, 6.07) is 9.74. The molecule has 2 heterocycles. The number of likely N-dealkylation sites (tertiary alicyclic amines) is 1. The number of aliphatic hydroxyl groups is 2. The van der Waals surface area contributed by atoms with Crippen LogP contribution in [0.3, 0.4) is 0 Å². The Labute approximate surface area is 177 Å². The molecule has 1 saturated heterocycles. The molecule has 0 spiro atoms. The third kappa shape index (κ3) is 5.03. The number of hydrogen-bond acceptors (Lipinski definition) is 6. The van der Waals surface area contributed by atoms with Crippen molar-refractivity contribution in [3.05, 3.63) is 52.8 Å². The Balaban J connectivity index is 1.53. The van der Waals surface area contributed by atoms with Crippen molar-refractivity contribution in [3.8, 4) is 5.75 Å². The lowest BCUT2D eigenvalue weighted by molar-refractivity contribution is -0.0372. The Morgan fingerprint density at radius 2 is 1.90 bits per heavy atom. The number of hydrogen-bond donors (Lipinski definition) is 3. The topological polar surface area (TPSA) is 95.0 Å². The van der Waals surface area contributed by atoms with Gasteiger partial charge in [-0.25, -0.2) is 4.79 Å². The third-order valence-electron chi connectivity index (χ3n) is 5.81. The molecule has 3 N–H and O–H groups in total. The van der Waals surface area contributed by atoms with Gasteiger partial charge in [-0.1, -0.05) is 30.3 Å². The maximum atomic E-state index is 12.1. The highest BCUT2D eigenvalue weighted by Gasteiger charge is 2.34. The molecule has 2 aromatic rings. The average molecular weight is 417 g/mol. The predicted molar refractivity (Wildman–Crippen MR) is 114 cm³/mol. The van der Waals surface area contributed by atoms with Crippen molar-refractivity contribution in [2.45, 2.75) is 45.3 Å². The fourth-order valence-corrected chi connectivity index (χ4v) is 3.90. The van der Waals surface area contributed by atoms with Gasteiger partial charge in [0, 0.05) is 30.9 Å². The second-order valence-electron chi connectivity index (χ2n) is 7.96. The number of aromatic amines is 1. The Morgan fingerprint density at radius 3 is 2.53 bits per heavy atom. The van der Waals surface area contributed by atoms with Gasteiger partial charge in [-0.15, -0.1) is 0 Å². The summed E-state index contributed by atoms with van der Waals surface area (Å²) >= 11 is 0. The highest BCUT2D eigenvalue weighted by molar-refractivity contribution is 5.91. The molecular weight excluding hydrogens is 384 g/mol. The smallest absolute Gasteiger partial charge is 0.358 e. The number of ether oxygens (including phenoxy) is 2. The predicted octanol–water partition coefficient (Wildman–Crippen LogP) is 2.53. The van der Waals surface area contributed by atoms with Gasteiger partial charge >= 0.3 is 5.97 Å². The molecule has 1 aliphatic heterocycles. The molecule has 164 valence electrons. The Kier molecular flexibility index (Phi) is 7.18. The van der Waals surface area contributed by atoms with Crippen molar-refractivity contribution in [1.82, 2.24) is 9.88 Å². The van der Waals surface area contributed by atoms with E-state index in [1.807, 2.05) is 44.2 Å². The number of esters is 1. The number of carbonyl (C=O) groups excluding carboxylic acids is 1. The van der Waals surface area contributed by atoms with Crippen molar-refractivity contribution in [1.29, 1.82) is 0 Å². The SMILES string of the molecule is CCOC(=O)c1[nH]c(C)c(C)c1OCC(O)CN1CCC(O)(c2ccccc2)CC1. The standard InChI is InChI=1S/C23H32N2O5/c1-4-29-22(27)20-21(16(2)17(3)24-20)30-15-19(26)14-25-12-10-23(28,11-13-25)18-8-6-5-7-9-18/h5-9,19,24,26,28H,4,10-15H2,1-3H3. The summed E-state index contributed by atoms with van der Waals surface area (Å²) in [5.74, 6) is -0.0310. The molecule has 1 unspecified atom stereocenters. The number of H-pyrrole nitrogens is 1. The Bertz CT molecular complexity index is 841. The van der Waals surface area contributed by atoms with E-state index in [4.69, 9.17) is 9.47 Å². The third-order valence-corrected chi connectivity index (χ3v) is 5.81. The number of rotatable bonds is 8. The van der Waals surface area contributed by atoms with E-state index < -0.39 is 17.7 Å². The molecule has 1 aromatic heterocycles. The zero-order valence-corrected chi connectivity index (χ0v) is 18.0. The lowest BCUT2D eigenvalue weighted by Crippen LogP contribution is -2.46. The van der Waals surface area contributed by atoms with E-state index in [2.05, 4.69) is 9.88 Å². The van der Waals surface area contributed by atoms with Crippen molar-refractivity contribution in [2.75, 3.05) is 32.8 Å². The number of benzene rings is 1. The average Bonchev–Trinajstić information content (AvgIpc) is 3.03. The lowest BCUT2D eigenvalue weighted by atomic mass is 9.84. The number of carbonyl (C=O) groups is 1. The van der Waals surface area contributed by atoms with Crippen molar-refractivity contribution in [2.24, 2.45) is 0 Å². The minimum Gasteiger partial charge on any atom is -0.488 e. The van der Waals surface area contributed by atoms with Crippen LogP contribution in [-0.4, -0.2) is 65.0 Å². The number of β-amino-alcohol motifs (C(OH)–C–C–N with tert-alkyl or cyclic N) is 1. The van der Waals surface area contributed by atoms with E-state index in [1.165, 1.54) is 0 Å². The molecule has 0 radical (unpaired) electrons. The zero-order valence-electron chi connectivity index (χ0n) is 18.0. The Morgan fingerprint density at radius 1 is 1.23 bits per heavy atom. The molecular formula is C23H32N2O5. The minimum atomic E-state index is -0.812. The highest BCUT2D eigenvalue weighted by Crippen LogP contribution is 2.32. The van der Waals surface area contributed by atoms with Crippen LogP contribution in [0.4, 0.5) is 0 Å². The minimum absolute atomic E-state index is 0.0734. The molecule has 30 heavy (non-hydrogen) atoms. The van der Waals surface area contributed by atoms with Gasteiger partial charge in [-0.05, 0) is 39.2 Å². The van der Waals surface area contributed by atoms with Crippen LogP contribution < -0.4 is 4.74 Å². The second kappa shape index (κ2) is 9.64. The first-order valence-corrected chi connectivity index (χ1v) is 10.5. The molecule has 0 saturated carbocycles. The van der Waals surface area contributed by atoms with Crippen LogP contribution in [0, 0.1) is 13.8 Å². The first kappa shape index (κ1) is 22.3. The van der Waals surface area contributed by atoms with Gasteiger partial charge in [-0.3, -0.25) is 0 Å². The molecule has 1 aliphatic rings. The van der Waals surface area contributed by atoms with E-state index >= 15 is 0 Å². The van der Waals surface area contributed by atoms with Crippen molar-refractivity contribution < 1.29 is 24.5 Å². The van der Waals surface area contributed by atoms with E-state index in [0.717, 1.165) is 16.8 Å². The van der Waals surface area contributed by atoms with E-state index in [1.54, 1.807) is 6.92 Å². The quantitative estimate of drug-likeness (QED) is 0.573. The molecule has 7 nitrogen and oxygen atoms in total. The molecule has 1 fully saturated rings. The molecule has 1 atom stereocenters. The fraction of sp³-hybridized carbons (Fsp3) is 0.522. The van der Waals surface area contributed by atoms with Crippen LogP contribution in [0.5, 0.6) is 5.75 Å². The fourth-order valence-electron chi connectivity index (χ4n) is 3.90. The van der Waals surface area contributed by atoms with E-state index in [-0.39, 0.29) is 18.9 Å². The number of piperidine rings is 1. The van der Waals surface area contributed by atoms with E-state index in [0.29, 0.717) is 38.2 Å². The molecule has 0 bridgehead atoms. The van der Waals surface area contributed by atoms with Crippen molar-refractivity contribution in [3.63, 3.8) is 0 Å². The van der Waals surface area contributed by atoms with Gasteiger partial charge in [0.1, 0.15) is 12.7 Å². The maximum Gasteiger partial charge on any atom is 0.358 e.